The fraction of sp³-hybridized carbons (Fsp3) is 0.588. The molecule has 1 atom stereocenters. The first-order chi connectivity index (χ1) is 10.0. The second-order valence-corrected chi connectivity index (χ2v) is 6.29. The van der Waals surface area contributed by atoms with Crippen LogP contribution in [0.25, 0.3) is 0 Å². The number of hydrogen-bond acceptors (Lipinski definition) is 2. The molecule has 0 aromatic heterocycles. The Morgan fingerprint density at radius 3 is 2.71 bits per heavy atom. The summed E-state index contributed by atoms with van der Waals surface area (Å²) >= 11 is 0. The zero-order valence-corrected chi connectivity index (χ0v) is 12.7. The van der Waals surface area contributed by atoms with Crippen LogP contribution in [0.5, 0.6) is 0 Å². The molecule has 0 bridgehead atoms. The maximum absolute atomic E-state index is 13.2. The van der Waals surface area contributed by atoms with E-state index in [1.54, 1.807) is 6.07 Å². The first-order valence-electron chi connectivity index (χ1n) is 7.80. The first kappa shape index (κ1) is 16.0. The van der Waals surface area contributed by atoms with E-state index in [0.717, 1.165) is 31.2 Å². The maximum atomic E-state index is 13.2. The van der Waals surface area contributed by atoms with E-state index in [2.05, 4.69) is 5.32 Å². The zero-order valence-electron chi connectivity index (χ0n) is 12.7. The predicted octanol–water partition coefficient (Wildman–Crippen LogP) is 3.30. The van der Waals surface area contributed by atoms with Gasteiger partial charge in [0.25, 0.3) is 0 Å². The molecule has 1 aromatic carbocycles. The molecule has 116 valence electrons. The van der Waals surface area contributed by atoms with Crippen LogP contribution in [0.15, 0.2) is 24.3 Å². The summed E-state index contributed by atoms with van der Waals surface area (Å²) in [5.41, 5.74) is 6.67. The lowest BCUT2D eigenvalue weighted by Gasteiger charge is -2.36. The van der Waals surface area contributed by atoms with Crippen LogP contribution in [-0.4, -0.2) is 12.5 Å². The fourth-order valence-corrected chi connectivity index (χ4v) is 3.25. The molecule has 4 heteroatoms. The number of amides is 1. The highest BCUT2D eigenvalue weighted by Crippen LogP contribution is 2.38. The van der Waals surface area contributed by atoms with Gasteiger partial charge in [-0.1, -0.05) is 31.4 Å². The Hall–Kier alpha value is -1.42. The highest BCUT2D eigenvalue weighted by atomic mass is 19.1. The largest absolute Gasteiger partial charge is 0.350 e. The number of hydrogen-bond donors (Lipinski definition) is 2. The molecule has 2 rings (SSSR count). The molecule has 0 radical (unpaired) electrons. The minimum absolute atomic E-state index is 0.0131. The van der Waals surface area contributed by atoms with Gasteiger partial charge in [-0.05, 0) is 49.4 Å². The van der Waals surface area contributed by atoms with E-state index in [0.29, 0.717) is 13.0 Å². The summed E-state index contributed by atoms with van der Waals surface area (Å²) in [7, 11) is 0. The average Bonchev–Trinajstić information content (AvgIpc) is 2.48. The third-order valence-corrected chi connectivity index (χ3v) is 4.61. The molecule has 1 amide bonds. The van der Waals surface area contributed by atoms with E-state index in [1.807, 2.05) is 13.0 Å². The smallest absolute Gasteiger partial charge is 0.221 e. The average molecular weight is 292 g/mol. The highest BCUT2D eigenvalue weighted by Gasteiger charge is 2.33. The van der Waals surface area contributed by atoms with E-state index in [-0.39, 0.29) is 23.2 Å². The molecular formula is C17H25FN2O. The summed E-state index contributed by atoms with van der Waals surface area (Å²) in [6.45, 7) is 2.44. The molecule has 0 spiro atoms. The minimum Gasteiger partial charge on any atom is -0.350 e. The van der Waals surface area contributed by atoms with Crippen LogP contribution in [-0.2, 0) is 4.79 Å². The molecule has 1 aliphatic rings. The Labute approximate surface area is 126 Å². The molecule has 21 heavy (non-hydrogen) atoms. The van der Waals surface area contributed by atoms with Crippen molar-refractivity contribution in [1.29, 1.82) is 0 Å². The van der Waals surface area contributed by atoms with Crippen molar-refractivity contribution in [2.45, 2.75) is 51.5 Å². The molecule has 1 aliphatic carbocycles. The van der Waals surface area contributed by atoms with Gasteiger partial charge in [-0.3, -0.25) is 4.79 Å². The standard InChI is InChI=1S/C17H25FN2O/c1-13(14-6-5-7-15(18)10-14)20-16(21)11-17(12-19)8-3-2-4-9-17/h5-7,10,13H,2-4,8-9,11-12,19H2,1H3,(H,20,21). The van der Waals surface area contributed by atoms with Gasteiger partial charge in [-0.15, -0.1) is 0 Å². The summed E-state index contributed by atoms with van der Waals surface area (Å²) in [6.07, 6.45) is 6.09. The first-order valence-corrected chi connectivity index (χ1v) is 7.80. The topological polar surface area (TPSA) is 55.1 Å². The second-order valence-electron chi connectivity index (χ2n) is 6.29. The zero-order chi connectivity index (χ0) is 15.3. The molecule has 1 saturated carbocycles. The van der Waals surface area contributed by atoms with Crippen molar-refractivity contribution in [2.24, 2.45) is 11.1 Å². The summed E-state index contributed by atoms with van der Waals surface area (Å²) in [5, 5.41) is 2.97. The van der Waals surface area contributed by atoms with Crippen molar-refractivity contribution in [3.05, 3.63) is 35.6 Å². The lowest BCUT2D eigenvalue weighted by molar-refractivity contribution is -0.124. The van der Waals surface area contributed by atoms with Crippen LogP contribution < -0.4 is 11.1 Å². The van der Waals surface area contributed by atoms with Crippen LogP contribution in [0, 0.1) is 11.2 Å². The van der Waals surface area contributed by atoms with Crippen LogP contribution in [0.3, 0.4) is 0 Å². The van der Waals surface area contributed by atoms with Gasteiger partial charge in [0.2, 0.25) is 5.91 Å². The van der Waals surface area contributed by atoms with Gasteiger partial charge in [0.05, 0.1) is 6.04 Å². The van der Waals surface area contributed by atoms with Gasteiger partial charge < -0.3 is 11.1 Å². The van der Waals surface area contributed by atoms with E-state index in [9.17, 15) is 9.18 Å². The quantitative estimate of drug-likeness (QED) is 0.875. The summed E-state index contributed by atoms with van der Waals surface area (Å²) in [5.74, 6) is -0.265. The van der Waals surface area contributed by atoms with Crippen molar-refractivity contribution in [2.75, 3.05) is 6.54 Å². The van der Waals surface area contributed by atoms with Crippen molar-refractivity contribution in [1.82, 2.24) is 5.32 Å². The van der Waals surface area contributed by atoms with Gasteiger partial charge in [-0.25, -0.2) is 4.39 Å². The Morgan fingerprint density at radius 2 is 2.10 bits per heavy atom. The number of nitrogens with one attached hydrogen (secondary N) is 1. The Balaban J connectivity index is 1.94. The van der Waals surface area contributed by atoms with Gasteiger partial charge in [0, 0.05) is 6.42 Å². The van der Waals surface area contributed by atoms with Crippen molar-refractivity contribution < 1.29 is 9.18 Å². The van der Waals surface area contributed by atoms with Gasteiger partial charge in [-0.2, -0.15) is 0 Å². The number of carbonyl (C=O) groups is 1. The summed E-state index contributed by atoms with van der Waals surface area (Å²) in [6, 6.07) is 6.17. The van der Waals surface area contributed by atoms with Crippen molar-refractivity contribution in [3.8, 4) is 0 Å². The number of nitrogens with two attached hydrogens (primary N) is 1. The molecule has 3 N–H and O–H groups in total. The minimum atomic E-state index is -0.278. The molecule has 3 nitrogen and oxygen atoms in total. The van der Waals surface area contributed by atoms with Gasteiger partial charge >= 0.3 is 0 Å². The van der Waals surface area contributed by atoms with E-state index >= 15 is 0 Å². The number of carbonyl (C=O) groups excluding carboxylic acids is 1. The lowest BCUT2D eigenvalue weighted by Crippen LogP contribution is -2.39. The van der Waals surface area contributed by atoms with Crippen LogP contribution >= 0.6 is 0 Å². The monoisotopic (exact) mass is 292 g/mol. The van der Waals surface area contributed by atoms with E-state index in [1.165, 1.54) is 18.6 Å². The summed E-state index contributed by atoms with van der Waals surface area (Å²) in [4.78, 5) is 12.3. The fourth-order valence-electron chi connectivity index (χ4n) is 3.25. The molecule has 1 unspecified atom stereocenters. The lowest BCUT2D eigenvalue weighted by atomic mass is 9.71. The van der Waals surface area contributed by atoms with Crippen molar-refractivity contribution in [3.63, 3.8) is 0 Å². The molecule has 1 fully saturated rings. The molecule has 1 aromatic rings. The van der Waals surface area contributed by atoms with Gasteiger partial charge in [0.1, 0.15) is 5.82 Å². The third-order valence-electron chi connectivity index (χ3n) is 4.61. The van der Waals surface area contributed by atoms with Crippen molar-refractivity contribution >= 4 is 5.91 Å². The van der Waals surface area contributed by atoms with Gasteiger partial charge in [0.15, 0.2) is 0 Å². The normalized spacial score (nSPS) is 19.0. The SMILES string of the molecule is CC(NC(=O)CC1(CN)CCCCC1)c1cccc(F)c1. The third kappa shape index (κ3) is 4.27. The van der Waals surface area contributed by atoms with Crippen LogP contribution in [0.4, 0.5) is 4.39 Å². The number of benzene rings is 1. The predicted molar refractivity (Wildman–Crippen MR) is 82.1 cm³/mol. The van der Waals surface area contributed by atoms with Crippen LogP contribution in [0.1, 0.15) is 57.1 Å². The number of rotatable bonds is 5. The van der Waals surface area contributed by atoms with E-state index in [4.69, 9.17) is 5.73 Å². The Kier molecular flexibility index (Phi) is 5.34. The molecular weight excluding hydrogens is 267 g/mol. The molecule has 0 saturated heterocycles. The van der Waals surface area contributed by atoms with Crippen LogP contribution in [0.2, 0.25) is 0 Å². The maximum Gasteiger partial charge on any atom is 0.221 e. The Bertz CT molecular complexity index is 483. The molecule has 0 aliphatic heterocycles. The summed E-state index contributed by atoms with van der Waals surface area (Å²) < 4.78 is 13.2. The molecule has 0 heterocycles. The highest BCUT2D eigenvalue weighted by molar-refractivity contribution is 5.77. The Morgan fingerprint density at radius 1 is 1.38 bits per heavy atom. The second kappa shape index (κ2) is 7.03. The number of halogens is 1. The van der Waals surface area contributed by atoms with E-state index < -0.39 is 0 Å².